The third-order valence-electron chi connectivity index (χ3n) is 4.90. The number of rotatable bonds is 6. The van der Waals surface area contributed by atoms with E-state index in [1.54, 1.807) is 24.7 Å². The first-order valence-electron chi connectivity index (χ1n) is 9.31. The van der Waals surface area contributed by atoms with Crippen molar-refractivity contribution < 1.29 is 4.39 Å². The van der Waals surface area contributed by atoms with Crippen molar-refractivity contribution in [1.82, 2.24) is 24.6 Å². The number of aromatic nitrogens is 4. The second-order valence-corrected chi connectivity index (χ2v) is 7.36. The molecule has 4 aromatic rings. The monoisotopic (exact) mass is 409 g/mol. The van der Waals surface area contributed by atoms with Crippen molar-refractivity contribution in [3.8, 4) is 11.5 Å². The zero-order chi connectivity index (χ0) is 20.4. The number of aryl methyl sites for hydroxylation is 2. The van der Waals surface area contributed by atoms with E-state index in [9.17, 15) is 4.39 Å². The Balaban J connectivity index is 1.65. The Morgan fingerprint density at radius 2 is 1.86 bits per heavy atom. The summed E-state index contributed by atoms with van der Waals surface area (Å²) in [6.45, 7) is 5.37. The van der Waals surface area contributed by atoms with Gasteiger partial charge in [0, 0.05) is 36.1 Å². The van der Waals surface area contributed by atoms with Gasteiger partial charge in [-0.1, -0.05) is 17.7 Å². The van der Waals surface area contributed by atoms with Crippen LogP contribution in [0.1, 0.15) is 22.4 Å². The maximum atomic E-state index is 13.4. The van der Waals surface area contributed by atoms with Crippen LogP contribution in [0, 0.1) is 19.7 Å². The van der Waals surface area contributed by atoms with Crippen LogP contribution in [-0.4, -0.2) is 19.3 Å². The molecule has 0 spiro atoms. The van der Waals surface area contributed by atoms with E-state index in [2.05, 4.69) is 17.2 Å². The first kappa shape index (κ1) is 19.4. The summed E-state index contributed by atoms with van der Waals surface area (Å²) in [6.07, 6.45) is 5.35. The average molecular weight is 410 g/mol. The van der Waals surface area contributed by atoms with Gasteiger partial charge < -0.3 is 5.32 Å². The van der Waals surface area contributed by atoms with Crippen molar-refractivity contribution in [2.75, 3.05) is 0 Å². The van der Waals surface area contributed by atoms with E-state index in [4.69, 9.17) is 16.7 Å². The number of halogens is 2. The van der Waals surface area contributed by atoms with Gasteiger partial charge in [0.25, 0.3) is 0 Å². The molecule has 0 aliphatic carbocycles. The normalized spacial score (nSPS) is 11.2. The van der Waals surface area contributed by atoms with Gasteiger partial charge in [0.1, 0.15) is 18.0 Å². The highest BCUT2D eigenvalue weighted by Crippen LogP contribution is 2.23. The topological polar surface area (TPSA) is 47.7 Å². The Kier molecular flexibility index (Phi) is 5.47. The van der Waals surface area contributed by atoms with Crippen LogP contribution in [-0.2, 0) is 13.1 Å². The Hall–Kier alpha value is -2.96. The van der Waals surface area contributed by atoms with Crippen molar-refractivity contribution >= 4 is 11.6 Å². The number of hydrogen-bond donors (Lipinski definition) is 1. The molecular weight excluding hydrogens is 389 g/mol. The Morgan fingerprint density at radius 3 is 2.55 bits per heavy atom. The standard InChI is InChI=1S/C22H21ClFN5/c1-15-11-18(23)4-3-17(15)12-26-13-21-16(2)27-29(20-7-5-19(24)6-8-20)22(21)28-10-9-25-14-28/h3-11,14,26H,12-13H2,1-2H3. The van der Waals surface area contributed by atoms with Crippen LogP contribution in [0.25, 0.3) is 11.5 Å². The van der Waals surface area contributed by atoms with Gasteiger partial charge in [-0.05, 0) is 61.4 Å². The fourth-order valence-corrected chi connectivity index (χ4v) is 3.57. The lowest BCUT2D eigenvalue weighted by atomic mass is 10.1. The van der Waals surface area contributed by atoms with E-state index in [1.165, 1.54) is 17.7 Å². The number of nitrogens with zero attached hydrogens (tertiary/aromatic N) is 4. The molecule has 4 rings (SSSR count). The predicted molar refractivity (Wildman–Crippen MR) is 112 cm³/mol. The summed E-state index contributed by atoms with van der Waals surface area (Å²) in [5.74, 6) is 0.606. The molecule has 0 atom stereocenters. The minimum Gasteiger partial charge on any atom is -0.308 e. The quantitative estimate of drug-likeness (QED) is 0.499. The molecule has 0 unspecified atom stereocenters. The molecule has 7 heteroatoms. The molecule has 5 nitrogen and oxygen atoms in total. The van der Waals surface area contributed by atoms with E-state index in [1.807, 2.05) is 40.6 Å². The molecule has 2 heterocycles. The summed E-state index contributed by atoms with van der Waals surface area (Å²) in [7, 11) is 0. The number of benzene rings is 2. The molecule has 2 aromatic heterocycles. The molecule has 1 N–H and O–H groups in total. The van der Waals surface area contributed by atoms with Gasteiger partial charge in [-0.25, -0.2) is 14.1 Å². The Labute approximate surface area is 173 Å². The molecule has 2 aromatic carbocycles. The highest BCUT2D eigenvalue weighted by molar-refractivity contribution is 6.30. The summed E-state index contributed by atoms with van der Waals surface area (Å²) in [5, 5.41) is 8.96. The minimum atomic E-state index is -0.276. The smallest absolute Gasteiger partial charge is 0.146 e. The van der Waals surface area contributed by atoms with Crippen LogP contribution in [0.4, 0.5) is 4.39 Å². The van der Waals surface area contributed by atoms with Crippen LogP contribution >= 0.6 is 11.6 Å². The van der Waals surface area contributed by atoms with Crippen LogP contribution in [0.3, 0.4) is 0 Å². The van der Waals surface area contributed by atoms with Gasteiger partial charge in [-0.3, -0.25) is 4.57 Å². The second-order valence-electron chi connectivity index (χ2n) is 6.92. The number of nitrogens with one attached hydrogen (secondary N) is 1. The van der Waals surface area contributed by atoms with Crippen molar-refractivity contribution in [1.29, 1.82) is 0 Å². The highest BCUT2D eigenvalue weighted by Gasteiger charge is 2.18. The zero-order valence-corrected chi connectivity index (χ0v) is 17.0. The molecule has 0 amide bonds. The average Bonchev–Trinajstić information content (AvgIpc) is 3.32. The molecule has 0 saturated carbocycles. The summed E-state index contributed by atoms with van der Waals surface area (Å²) < 4.78 is 17.1. The molecule has 29 heavy (non-hydrogen) atoms. The Bertz CT molecular complexity index is 1120. The van der Waals surface area contributed by atoms with Gasteiger partial charge in [0.2, 0.25) is 0 Å². The predicted octanol–water partition coefficient (Wildman–Crippen LogP) is 4.76. The molecule has 148 valence electrons. The van der Waals surface area contributed by atoms with Gasteiger partial charge in [-0.2, -0.15) is 5.10 Å². The van der Waals surface area contributed by atoms with Gasteiger partial charge in [-0.15, -0.1) is 0 Å². The largest absolute Gasteiger partial charge is 0.308 e. The summed E-state index contributed by atoms with van der Waals surface area (Å²) >= 11 is 6.05. The zero-order valence-electron chi connectivity index (χ0n) is 16.2. The fraction of sp³-hybridized carbons (Fsp3) is 0.182. The summed E-state index contributed by atoms with van der Waals surface area (Å²) in [6, 6.07) is 12.2. The lowest BCUT2D eigenvalue weighted by Crippen LogP contribution is -2.16. The van der Waals surface area contributed by atoms with Gasteiger partial charge in [0.15, 0.2) is 0 Å². The van der Waals surface area contributed by atoms with Gasteiger partial charge >= 0.3 is 0 Å². The molecule has 0 radical (unpaired) electrons. The highest BCUT2D eigenvalue weighted by atomic mass is 35.5. The van der Waals surface area contributed by atoms with E-state index in [0.29, 0.717) is 13.1 Å². The summed E-state index contributed by atoms with van der Waals surface area (Å²) in [5.41, 5.74) is 5.09. The third-order valence-corrected chi connectivity index (χ3v) is 5.13. The SMILES string of the molecule is Cc1cc(Cl)ccc1CNCc1c(C)nn(-c2ccc(F)cc2)c1-n1ccnc1. The first-order chi connectivity index (χ1) is 14.0. The van der Waals surface area contributed by atoms with Crippen molar-refractivity contribution in [2.45, 2.75) is 26.9 Å². The lowest BCUT2D eigenvalue weighted by molar-refractivity contribution is 0.626. The molecule has 0 aliphatic heterocycles. The van der Waals surface area contributed by atoms with Crippen LogP contribution < -0.4 is 5.32 Å². The molecule has 0 saturated heterocycles. The molecule has 0 bridgehead atoms. The van der Waals surface area contributed by atoms with E-state index in [0.717, 1.165) is 33.3 Å². The maximum absolute atomic E-state index is 13.4. The van der Waals surface area contributed by atoms with Gasteiger partial charge in [0.05, 0.1) is 11.4 Å². The third kappa shape index (κ3) is 4.09. The number of hydrogen-bond acceptors (Lipinski definition) is 3. The molecule has 0 fully saturated rings. The van der Waals surface area contributed by atoms with E-state index >= 15 is 0 Å². The minimum absolute atomic E-state index is 0.276. The van der Waals surface area contributed by atoms with E-state index < -0.39 is 0 Å². The van der Waals surface area contributed by atoms with Crippen LogP contribution in [0.2, 0.25) is 5.02 Å². The van der Waals surface area contributed by atoms with Crippen LogP contribution in [0.15, 0.2) is 61.2 Å². The van der Waals surface area contributed by atoms with E-state index in [-0.39, 0.29) is 5.82 Å². The summed E-state index contributed by atoms with van der Waals surface area (Å²) in [4.78, 5) is 4.17. The fourth-order valence-electron chi connectivity index (χ4n) is 3.35. The lowest BCUT2D eigenvalue weighted by Gasteiger charge is -2.12. The second kappa shape index (κ2) is 8.19. The van der Waals surface area contributed by atoms with Crippen molar-refractivity contribution in [3.05, 3.63) is 94.4 Å². The Morgan fingerprint density at radius 1 is 1.07 bits per heavy atom. The maximum Gasteiger partial charge on any atom is 0.146 e. The van der Waals surface area contributed by atoms with Crippen LogP contribution in [0.5, 0.6) is 0 Å². The molecular formula is C22H21ClFN5. The first-order valence-corrected chi connectivity index (χ1v) is 9.69. The van der Waals surface area contributed by atoms with Crippen molar-refractivity contribution in [3.63, 3.8) is 0 Å². The van der Waals surface area contributed by atoms with Crippen molar-refractivity contribution in [2.24, 2.45) is 0 Å². The molecule has 0 aliphatic rings. The number of imidazole rings is 1.